The van der Waals surface area contributed by atoms with E-state index in [1.54, 1.807) is 11.1 Å². The molecular formula is C26H34N2. The molecule has 2 heteroatoms. The molecule has 28 heavy (non-hydrogen) atoms. The van der Waals surface area contributed by atoms with Gasteiger partial charge in [-0.05, 0) is 66.7 Å². The number of hydrogen-bond donors (Lipinski definition) is 0. The highest BCUT2D eigenvalue weighted by atomic mass is 15.2. The van der Waals surface area contributed by atoms with E-state index in [0.29, 0.717) is 0 Å². The van der Waals surface area contributed by atoms with Crippen molar-refractivity contribution in [3.63, 3.8) is 0 Å². The van der Waals surface area contributed by atoms with Crippen LogP contribution in [0.1, 0.15) is 36.5 Å². The SMILES string of the molecule is CCCN(CC1[C@H]2CN(Cc3ccccc3)C[C@@H]12)C1CCc2ccccc2C1. The lowest BCUT2D eigenvalue weighted by Gasteiger charge is -2.36. The van der Waals surface area contributed by atoms with E-state index in [1.165, 1.54) is 57.4 Å². The lowest BCUT2D eigenvalue weighted by atomic mass is 9.87. The first kappa shape index (κ1) is 18.4. The Balaban J connectivity index is 1.16. The largest absolute Gasteiger partial charge is 0.300 e. The number of aryl methyl sites for hydroxylation is 1. The van der Waals surface area contributed by atoms with Crippen LogP contribution >= 0.6 is 0 Å². The van der Waals surface area contributed by atoms with Crippen molar-refractivity contribution in [2.45, 2.75) is 45.2 Å². The van der Waals surface area contributed by atoms with Gasteiger partial charge in [-0.15, -0.1) is 0 Å². The molecule has 2 unspecified atom stereocenters. The molecule has 2 aliphatic carbocycles. The molecule has 0 amide bonds. The van der Waals surface area contributed by atoms with Gasteiger partial charge < -0.3 is 0 Å². The van der Waals surface area contributed by atoms with Gasteiger partial charge in [-0.25, -0.2) is 0 Å². The third-order valence-corrected chi connectivity index (χ3v) is 7.49. The zero-order valence-electron chi connectivity index (χ0n) is 17.3. The molecule has 0 bridgehead atoms. The number of piperidine rings is 1. The van der Waals surface area contributed by atoms with Crippen molar-refractivity contribution in [2.24, 2.45) is 17.8 Å². The number of fused-ring (bicyclic) bond motifs is 2. The molecule has 0 radical (unpaired) electrons. The molecule has 2 fully saturated rings. The van der Waals surface area contributed by atoms with Gasteiger partial charge in [0.05, 0.1) is 0 Å². The van der Waals surface area contributed by atoms with Crippen LogP contribution in [0.5, 0.6) is 0 Å². The number of likely N-dealkylation sites (tertiary alicyclic amines) is 1. The lowest BCUT2D eigenvalue weighted by Crippen LogP contribution is -2.42. The van der Waals surface area contributed by atoms with Crippen LogP contribution in [0.4, 0.5) is 0 Å². The molecule has 1 saturated carbocycles. The van der Waals surface area contributed by atoms with E-state index in [-0.39, 0.29) is 0 Å². The van der Waals surface area contributed by atoms with Crippen molar-refractivity contribution in [3.8, 4) is 0 Å². The number of nitrogens with zero attached hydrogens (tertiary/aromatic N) is 2. The Labute approximate surface area is 170 Å². The molecule has 1 heterocycles. The lowest BCUT2D eigenvalue weighted by molar-refractivity contribution is 0.157. The Bertz CT molecular complexity index is 774. The Morgan fingerprint density at radius 3 is 2.39 bits per heavy atom. The molecule has 0 spiro atoms. The molecule has 5 rings (SSSR count). The first-order chi connectivity index (χ1) is 13.8. The Hall–Kier alpha value is -1.64. The minimum atomic E-state index is 0.761. The van der Waals surface area contributed by atoms with Crippen LogP contribution in [0.25, 0.3) is 0 Å². The van der Waals surface area contributed by atoms with Crippen molar-refractivity contribution < 1.29 is 0 Å². The van der Waals surface area contributed by atoms with Gasteiger partial charge in [0.15, 0.2) is 0 Å². The summed E-state index contributed by atoms with van der Waals surface area (Å²) in [4.78, 5) is 5.54. The maximum absolute atomic E-state index is 2.86. The topological polar surface area (TPSA) is 6.48 Å². The molecule has 2 aromatic rings. The van der Waals surface area contributed by atoms with Gasteiger partial charge in [-0.3, -0.25) is 9.80 Å². The second kappa shape index (κ2) is 8.00. The average molecular weight is 375 g/mol. The fraction of sp³-hybridized carbons (Fsp3) is 0.538. The van der Waals surface area contributed by atoms with E-state index in [0.717, 1.165) is 30.3 Å². The summed E-state index contributed by atoms with van der Waals surface area (Å²) in [6.45, 7) is 8.73. The van der Waals surface area contributed by atoms with E-state index >= 15 is 0 Å². The van der Waals surface area contributed by atoms with Crippen molar-refractivity contribution in [1.82, 2.24) is 9.80 Å². The molecule has 4 atom stereocenters. The molecule has 0 N–H and O–H groups in total. The first-order valence-corrected chi connectivity index (χ1v) is 11.4. The highest BCUT2D eigenvalue weighted by Crippen LogP contribution is 2.52. The van der Waals surface area contributed by atoms with Crippen LogP contribution in [-0.2, 0) is 19.4 Å². The number of benzene rings is 2. The molecule has 2 nitrogen and oxygen atoms in total. The smallest absolute Gasteiger partial charge is 0.0233 e. The normalized spacial score (nSPS) is 28.9. The van der Waals surface area contributed by atoms with Gasteiger partial charge in [0.1, 0.15) is 0 Å². The average Bonchev–Trinajstić information content (AvgIpc) is 3.17. The molecule has 1 aliphatic heterocycles. The zero-order chi connectivity index (χ0) is 18.9. The standard InChI is InChI=1S/C26H34N2/c1-2-14-28(23-13-12-21-10-6-7-11-22(21)15-23)19-26-24-17-27(18-25(24)26)16-20-8-4-3-5-9-20/h3-11,23-26H,2,12-19H2,1H3/t23?,24-,25+,26?. The fourth-order valence-electron chi connectivity index (χ4n) is 5.95. The maximum atomic E-state index is 2.86. The zero-order valence-corrected chi connectivity index (χ0v) is 17.3. The molecular weight excluding hydrogens is 340 g/mol. The first-order valence-electron chi connectivity index (χ1n) is 11.4. The van der Waals surface area contributed by atoms with Gasteiger partial charge in [0, 0.05) is 32.2 Å². The summed E-state index contributed by atoms with van der Waals surface area (Å²) in [5.74, 6) is 2.87. The second-order valence-corrected chi connectivity index (χ2v) is 9.33. The number of hydrogen-bond acceptors (Lipinski definition) is 2. The molecule has 1 saturated heterocycles. The summed E-state index contributed by atoms with van der Waals surface area (Å²) >= 11 is 0. The summed E-state index contributed by atoms with van der Waals surface area (Å²) in [5.41, 5.74) is 4.66. The van der Waals surface area contributed by atoms with E-state index in [1.807, 2.05) is 0 Å². The van der Waals surface area contributed by atoms with Crippen LogP contribution in [0.15, 0.2) is 54.6 Å². The highest BCUT2D eigenvalue weighted by molar-refractivity contribution is 5.30. The van der Waals surface area contributed by atoms with Crippen LogP contribution in [0, 0.1) is 17.8 Å². The summed E-state index contributed by atoms with van der Waals surface area (Å²) < 4.78 is 0. The predicted molar refractivity (Wildman–Crippen MR) is 116 cm³/mol. The van der Waals surface area contributed by atoms with Crippen LogP contribution < -0.4 is 0 Å². The van der Waals surface area contributed by atoms with Gasteiger partial charge in [0.25, 0.3) is 0 Å². The third kappa shape index (κ3) is 3.77. The summed E-state index contributed by atoms with van der Waals surface area (Å²) in [6, 6.07) is 20.9. The Kier molecular flexibility index (Phi) is 5.26. The Morgan fingerprint density at radius 1 is 0.929 bits per heavy atom. The fourth-order valence-corrected chi connectivity index (χ4v) is 5.95. The molecule has 148 valence electrons. The van der Waals surface area contributed by atoms with E-state index < -0.39 is 0 Å². The number of rotatable bonds is 7. The maximum Gasteiger partial charge on any atom is 0.0233 e. The van der Waals surface area contributed by atoms with Crippen molar-refractivity contribution in [2.75, 3.05) is 26.2 Å². The van der Waals surface area contributed by atoms with Crippen molar-refractivity contribution >= 4 is 0 Å². The van der Waals surface area contributed by atoms with Crippen LogP contribution in [0.2, 0.25) is 0 Å². The Morgan fingerprint density at radius 2 is 1.64 bits per heavy atom. The minimum absolute atomic E-state index is 0.761. The quantitative estimate of drug-likeness (QED) is 0.697. The van der Waals surface area contributed by atoms with Crippen LogP contribution in [0.3, 0.4) is 0 Å². The van der Waals surface area contributed by atoms with Gasteiger partial charge in [0.2, 0.25) is 0 Å². The van der Waals surface area contributed by atoms with Crippen molar-refractivity contribution in [1.29, 1.82) is 0 Å². The van der Waals surface area contributed by atoms with E-state index in [9.17, 15) is 0 Å². The monoisotopic (exact) mass is 374 g/mol. The van der Waals surface area contributed by atoms with E-state index in [2.05, 4.69) is 71.3 Å². The van der Waals surface area contributed by atoms with Gasteiger partial charge in [-0.2, -0.15) is 0 Å². The highest BCUT2D eigenvalue weighted by Gasteiger charge is 2.55. The summed E-state index contributed by atoms with van der Waals surface area (Å²) in [7, 11) is 0. The van der Waals surface area contributed by atoms with Crippen LogP contribution in [-0.4, -0.2) is 42.0 Å². The summed E-state index contributed by atoms with van der Waals surface area (Å²) in [5, 5.41) is 0. The summed E-state index contributed by atoms with van der Waals surface area (Å²) in [6.07, 6.45) is 5.15. The predicted octanol–water partition coefficient (Wildman–Crippen LogP) is 4.63. The molecule has 2 aromatic carbocycles. The third-order valence-electron chi connectivity index (χ3n) is 7.49. The minimum Gasteiger partial charge on any atom is -0.300 e. The second-order valence-electron chi connectivity index (χ2n) is 9.33. The van der Waals surface area contributed by atoms with Gasteiger partial charge >= 0.3 is 0 Å². The van der Waals surface area contributed by atoms with Crippen molar-refractivity contribution in [3.05, 3.63) is 71.3 Å². The van der Waals surface area contributed by atoms with E-state index in [4.69, 9.17) is 0 Å². The molecule has 0 aromatic heterocycles. The molecule has 3 aliphatic rings. The van der Waals surface area contributed by atoms with Gasteiger partial charge in [-0.1, -0.05) is 61.5 Å².